The largest absolute Gasteiger partial charge is 0.319 e. The first-order valence-corrected chi connectivity index (χ1v) is 9.91. The third kappa shape index (κ3) is 2.23. The van der Waals surface area contributed by atoms with E-state index in [0.29, 0.717) is 6.04 Å². The van der Waals surface area contributed by atoms with E-state index in [1.54, 1.807) is 11.3 Å². The van der Waals surface area contributed by atoms with Gasteiger partial charge in [0.25, 0.3) is 5.91 Å². The Morgan fingerprint density at radius 3 is 2.76 bits per heavy atom. The molecular formula is C15H18N2OS3. The summed E-state index contributed by atoms with van der Waals surface area (Å²) in [6, 6.07) is 4.55. The van der Waals surface area contributed by atoms with Crippen molar-refractivity contribution in [1.29, 1.82) is 0 Å². The van der Waals surface area contributed by atoms with Crippen LogP contribution in [0.1, 0.15) is 42.4 Å². The van der Waals surface area contributed by atoms with Crippen molar-refractivity contribution < 1.29 is 4.79 Å². The van der Waals surface area contributed by atoms with Gasteiger partial charge < -0.3 is 4.90 Å². The molecule has 21 heavy (non-hydrogen) atoms. The molecule has 1 aromatic heterocycles. The molecule has 1 unspecified atom stereocenters. The van der Waals surface area contributed by atoms with E-state index in [2.05, 4.69) is 22.4 Å². The lowest BCUT2D eigenvalue weighted by molar-refractivity contribution is -0.129. The summed E-state index contributed by atoms with van der Waals surface area (Å²) in [5.41, 5.74) is 0. The van der Waals surface area contributed by atoms with E-state index in [4.69, 9.17) is 12.2 Å². The maximum atomic E-state index is 12.8. The maximum Gasteiger partial charge on any atom is 0.252 e. The van der Waals surface area contributed by atoms with Crippen LogP contribution in [0.15, 0.2) is 17.5 Å². The van der Waals surface area contributed by atoms with Crippen LogP contribution in [0, 0.1) is 0 Å². The number of hydrogen-bond donors (Lipinski definition) is 0. The maximum absolute atomic E-state index is 12.8. The normalized spacial score (nSPS) is 30.3. The van der Waals surface area contributed by atoms with E-state index in [-0.39, 0.29) is 17.3 Å². The molecule has 0 N–H and O–H groups in total. The molecule has 1 amide bonds. The van der Waals surface area contributed by atoms with Crippen molar-refractivity contribution in [2.45, 2.75) is 49.6 Å². The highest BCUT2D eigenvalue weighted by Gasteiger charge is 2.52. The van der Waals surface area contributed by atoms with Crippen LogP contribution in [-0.4, -0.2) is 38.7 Å². The molecule has 1 saturated carbocycles. The smallest absolute Gasteiger partial charge is 0.252 e. The minimum absolute atomic E-state index is 0.0310. The van der Waals surface area contributed by atoms with Gasteiger partial charge in [0.1, 0.15) is 11.4 Å². The Labute approximate surface area is 138 Å². The van der Waals surface area contributed by atoms with Crippen LogP contribution in [-0.2, 0) is 4.79 Å². The first-order chi connectivity index (χ1) is 10.3. The molecule has 0 aromatic carbocycles. The van der Waals surface area contributed by atoms with Gasteiger partial charge in [-0.15, -0.1) is 23.1 Å². The van der Waals surface area contributed by atoms with E-state index in [1.807, 2.05) is 16.7 Å². The summed E-state index contributed by atoms with van der Waals surface area (Å²) >= 11 is 9.32. The second-order valence-corrected chi connectivity index (χ2v) is 8.36. The second-order valence-electron chi connectivity index (χ2n) is 5.91. The third-order valence-electron chi connectivity index (χ3n) is 4.68. The molecular weight excluding hydrogens is 320 g/mol. The summed E-state index contributed by atoms with van der Waals surface area (Å²) in [7, 11) is 0. The first-order valence-electron chi connectivity index (χ1n) is 7.58. The number of thioether (sulfide) groups is 1. The molecule has 1 aliphatic carbocycles. The fourth-order valence-electron chi connectivity index (χ4n) is 3.64. The molecule has 0 spiro atoms. The van der Waals surface area contributed by atoms with Crippen LogP contribution >= 0.6 is 35.3 Å². The number of hydrogen-bond acceptors (Lipinski definition) is 4. The molecule has 4 rings (SSSR count). The van der Waals surface area contributed by atoms with Gasteiger partial charge >= 0.3 is 0 Å². The van der Waals surface area contributed by atoms with Crippen molar-refractivity contribution >= 4 is 46.3 Å². The quantitative estimate of drug-likeness (QED) is 0.769. The molecule has 1 aromatic rings. The zero-order valence-corrected chi connectivity index (χ0v) is 14.2. The predicted octanol–water partition coefficient (Wildman–Crippen LogP) is 3.62. The van der Waals surface area contributed by atoms with Gasteiger partial charge in [-0.1, -0.05) is 25.3 Å². The van der Waals surface area contributed by atoms with E-state index in [0.717, 1.165) is 23.7 Å². The Balaban J connectivity index is 1.61. The highest BCUT2D eigenvalue weighted by Crippen LogP contribution is 2.47. The highest BCUT2D eigenvalue weighted by atomic mass is 32.2. The fourth-order valence-corrected chi connectivity index (χ4v) is 6.56. The lowest BCUT2D eigenvalue weighted by Gasteiger charge is -2.32. The van der Waals surface area contributed by atoms with Crippen LogP contribution in [0.25, 0.3) is 0 Å². The van der Waals surface area contributed by atoms with Crippen LogP contribution in [0.3, 0.4) is 0 Å². The summed E-state index contributed by atoms with van der Waals surface area (Å²) in [6.07, 6.45) is 5.98. The molecule has 2 aliphatic heterocycles. The molecule has 3 aliphatic rings. The Bertz CT molecular complexity index is 553. The standard InChI is InChI=1S/C15H18N2OS3/c18-13-11-9-21-14(12-7-4-8-20-12)17(11)15(19)16(13)10-5-2-1-3-6-10/h4,7-8,10-11,14H,1-3,5-6,9H2/t11-,14?/m0/s1. The van der Waals surface area contributed by atoms with E-state index >= 15 is 0 Å². The molecule has 0 bridgehead atoms. The first kappa shape index (κ1) is 14.0. The van der Waals surface area contributed by atoms with Gasteiger partial charge in [0.15, 0.2) is 5.11 Å². The van der Waals surface area contributed by atoms with Gasteiger partial charge in [-0.25, -0.2) is 0 Å². The van der Waals surface area contributed by atoms with E-state index in [1.165, 1.54) is 24.1 Å². The van der Waals surface area contributed by atoms with Crippen molar-refractivity contribution in [1.82, 2.24) is 9.80 Å². The number of thiocarbonyl (C=S) groups is 1. The Kier molecular flexibility index (Phi) is 3.71. The van der Waals surface area contributed by atoms with E-state index in [9.17, 15) is 4.79 Å². The van der Waals surface area contributed by atoms with Crippen molar-refractivity contribution in [2.24, 2.45) is 0 Å². The number of fused-ring (bicyclic) bond motifs is 1. The molecule has 2 saturated heterocycles. The summed E-state index contributed by atoms with van der Waals surface area (Å²) in [6.45, 7) is 0. The number of carbonyl (C=O) groups is 1. The van der Waals surface area contributed by atoms with Crippen molar-refractivity contribution in [3.8, 4) is 0 Å². The topological polar surface area (TPSA) is 23.6 Å². The van der Waals surface area contributed by atoms with Crippen LogP contribution < -0.4 is 0 Å². The monoisotopic (exact) mass is 338 g/mol. The van der Waals surface area contributed by atoms with E-state index < -0.39 is 0 Å². The zero-order valence-electron chi connectivity index (χ0n) is 11.7. The Morgan fingerprint density at radius 1 is 1.24 bits per heavy atom. The molecule has 6 heteroatoms. The summed E-state index contributed by atoms with van der Waals surface area (Å²) < 4.78 is 0. The number of thiophene rings is 1. The average molecular weight is 339 g/mol. The lowest BCUT2D eigenvalue weighted by atomic mass is 9.94. The Morgan fingerprint density at radius 2 is 2.05 bits per heavy atom. The minimum Gasteiger partial charge on any atom is -0.319 e. The summed E-state index contributed by atoms with van der Waals surface area (Å²) in [5, 5.41) is 3.11. The van der Waals surface area contributed by atoms with Gasteiger partial charge in [-0.3, -0.25) is 9.69 Å². The molecule has 112 valence electrons. The molecule has 0 radical (unpaired) electrons. The molecule has 2 atom stereocenters. The summed E-state index contributed by atoms with van der Waals surface area (Å²) in [5.74, 6) is 1.11. The molecule has 3 fully saturated rings. The third-order valence-corrected chi connectivity index (χ3v) is 7.46. The second kappa shape index (κ2) is 5.56. The average Bonchev–Trinajstić information content (AvgIpc) is 3.20. The highest BCUT2D eigenvalue weighted by molar-refractivity contribution is 8.00. The summed E-state index contributed by atoms with van der Waals surface area (Å²) in [4.78, 5) is 18.3. The number of nitrogens with zero attached hydrogens (tertiary/aromatic N) is 2. The number of rotatable bonds is 2. The van der Waals surface area contributed by atoms with Crippen LogP contribution in [0.2, 0.25) is 0 Å². The zero-order chi connectivity index (χ0) is 14.4. The minimum atomic E-state index is -0.0310. The number of amides is 1. The SMILES string of the molecule is O=C1[C@@H]2CSC(c3cccs3)N2C(=S)N1C1CCCCC1. The van der Waals surface area contributed by atoms with Crippen LogP contribution in [0.4, 0.5) is 0 Å². The van der Waals surface area contributed by atoms with Crippen LogP contribution in [0.5, 0.6) is 0 Å². The van der Waals surface area contributed by atoms with Gasteiger partial charge in [-0.05, 0) is 36.5 Å². The van der Waals surface area contributed by atoms with Crippen molar-refractivity contribution in [2.75, 3.05) is 5.75 Å². The van der Waals surface area contributed by atoms with Gasteiger partial charge in [0.05, 0.1) is 0 Å². The molecule has 3 nitrogen and oxygen atoms in total. The predicted molar refractivity (Wildman–Crippen MR) is 91.5 cm³/mol. The molecule has 3 heterocycles. The van der Waals surface area contributed by atoms with Crippen molar-refractivity contribution in [3.05, 3.63) is 22.4 Å². The Hall–Kier alpha value is -0.590. The van der Waals surface area contributed by atoms with Gasteiger partial charge in [-0.2, -0.15) is 0 Å². The number of carbonyl (C=O) groups excluding carboxylic acids is 1. The van der Waals surface area contributed by atoms with Gasteiger partial charge in [0, 0.05) is 16.7 Å². The lowest BCUT2D eigenvalue weighted by Crippen LogP contribution is -2.42. The van der Waals surface area contributed by atoms with Gasteiger partial charge in [0.2, 0.25) is 0 Å². The fraction of sp³-hybridized carbons (Fsp3) is 0.600. The van der Waals surface area contributed by atoms with Crippen molar-refractivity contribution in [3.63, 3.8) is 0 Å².